The minimum Gasteiger partial charge on any atom is -0.716 e. The second-order valence-corrected chi connectivity index (χ2v) is 9.26. The third-order valence-electron chi connectivity index (χ3n) is 3.26. The predicted octanol–water partition coefficient (Wildman–Crippen LogP) is -3.33. The minimum atomic E-state index is -5.49. The summed E-state index contributed by atoms with van der Waals surface area (Å²) < 4.78 is 75.6. The molecule has 0 amide bonds. The van der Waals surface area contributed by atoms with E-state index in [1.54, 1.807) is 0 Å². The molecule has 0 atom stereocenters. The van der Waals surface area contributed by atoms with E-state index in [0.717, 1.165) is 24.3 Å². The Balaban J connectivity index is 0.00000512. The van der Waals surface area contributed by atoms with Crippen molar-refractivity contribution in [1.29, 1.82) is 0 Å². The first-order valence-electron chi connectivity index (χ1n) is 7.59. The second kappa shape index (κ2) is 13.1. The molecular formula is C16H10Br2Na2O11S2. The minimum absolute atomic E-state index is 0. The summed E-state index contributed by atoms with van der Waals surface area (Å²) in [7, 11) is -11.0. The average Bonchev–Trinajstić information content (AvgIpc) is 2.59. The van der Waals surface area contributed by atoms with Crippen molar-refractivity contribution in [3.05, 3.63) is 61.9 Å². The summed E-state index contributed by atoms with van der Waals surface area (Å²) in [5.41, 5.74) is 0.00126. The molecule has 0 aromatic heterocycles. The topological polar surface area (TPSA) is 194 Å². The molecule has 0 fully saturated rings. The molecule has 0 aliphatic rings. The number of rotatable bonds is 7. The van der Waals surface area contributed by atoms with Gasteiger partial charge in [-0.25, -0.2) is 16.8 Å². The van der Waals surface area contributed by atoms with E-state index in [2.05, 4.69) is 40.2 Å². The van der Waals surface area contributed by atoms with Crippen molar-refractivity contribution in [2.45, 2.75) is 0 Å². The van der Waals surface area contributed by atoms with Gasteiger partial charge in [-0.15, -0.1) is 0 Å². The van der Waals surface area contributed by atoms with Crippen LogP contribution in [0.4, 0.5) is 0 Å². The van der Waals surface area contributed by atoms with Gasteiger partial charge in [-0.1, -0.05) is 6.07 Å². The Labute approximate surface area is 249 Å². The van der Waals surface area contributed by atoms with E-state index in [4.69, 9.17) is 0 Å². The molecule has 0 saturated carbocycles. The number of hydrogen-bond donors (Lipinski definition) is 3. The van der Waals surface area contributed by atoms with Gasteiger partial charge in [0.15, 0.2) is 23.0 Å². The Morgan fingerprint density at radius 2 is 1.21 bits per heavy atom. The molecule has 168 valence electrons. The molecule has 2 rings (SSSR count). The maximum Gasteiger partial charge on any atom is 1.00 e. The number of phenols is 3. The Morgan fingerprint density at radius 1 is 0.758 bits per heavy atom. The van der Waals surface area contributed by atoms with E-state index in [1.807, 2.05) is 0 Å². The monoisotopic (exact) mass is 646 g/mol. The summed E-state index contributed by atoms with van der Waals surface area (Å²) in [6.45, 7) is 0. The van der Waals surface area contributed by atoms with Crippen LogP contribution in [0.2, 0.25) is 0 Å². The summed E-state index contributed by atoms with van der Waals surface area (Å²) >= 11 is 5.93. The van der Waals surface area contributed by atoms with E-state index < -0.39 is 43.8 Å². The zero-order chi connectivity index (χ0) is 23.6. The fourth-order valence-electron chi connectivity index (χ4n) is 2.10. The zero-order valence-corrected chi connectivity index (χ0v) is 25.5. The summed E-state index contributed by atoms with van der Waals surface area (Å²) in [6, 6.07) is 5.75. The van der Waals surface area contributed by atoms with E-state index in [1.165, 1.54) is 18.2 Å². The first-order valence-corrected chi connectivity index (χ1v) is 11.8. The van der Waals surface area contributed by atoms with E-state index in [-0.39, 0.29) is 84.9 Å². The maximum atomic E-state index is 11.2. The molecule has 0 heterocycles. The van der Waals surface area contributed by atoms with Gasteiger partial charge in [0.1, 0.15) is 5.75 Å². The Kier molecular flexibility index (Phi) is 13.0. The third-order valence-corrected chi connectivity index (χ3v) is 5.27. The summed E-state index contributed by atoms with van der Waals surface area (Å²) in [6.07, 6.45) is 1.60. The van der Waals surface area contributed by atoms with Crippen LogP contribution in [0.15, 0.2) is 50.8 Å². The van der Waals surface area contributed by atoms with Crippen LogP contribution in [-0.2, 0) is 29.2 Å². The van der Waals surface area contributed by atoms with Crippen molar-refractivity contribution in [2.75, 3.05) is 0 Å². The van der Waals surface area contributed by atoms with Gasteiger partial charge in [-0.2, -0.15) is 0 Å². The summed E-state index contributed by atoms with van der Waals surface area (Å²) in [4.78, 5) is 0. The fourth-order valence-corrected chi connectivity index (χ4v) is 3.66. The quantitative estimate of drug-likeness (QED) is 0.0680. The Morgan fingerprint density at radius 3 is 1.64 bits per heavy atom. The standard InChI is InChI=1S/C16H12Br2O11S2.2Na/c17-10-3-8(1-2-12(10)19)6-14(28-30(22,23)24)15(29-31(25,26)27)7-9-4-11(18)16(21)13(20)5-9;;/h1-7,19-21H,(H,22,23,24)(H,25,26,27);;/q;2*+1/p-2/b14-6-,15-7-;;. The molecule has 0 aliphatic carbocycles. The average molecular weight is 648 g/mol. The van der Waals surface area contributed by atoms with Crippen LogP contribution in [-0.4, -0.2) is 41.3 Å². The van der Waals surface area contributed by atoms with Gasteiger partial charge in [0.25, 0.3) is 20.8 Å². The zero-order valence-electron chi connectivity index (χ0n) is 16.7. The van der Waals surface area contributed by atoms with Gasteiger partial charge in [-0.05, 0) is 79.4 Å². The molecule has 0 aliphatic heterocycles. The SMILES string of the molecule is O=S(=O)([O-])OC(=C\c1ccc(O)c(Br)c1)/C(=C/c1cc(O)c(O)c(Br)c1)OS(=O)(=O)[O-].[Na+].[Na+]. The van der Waals surface area contributed by atoms with Gasteiger partial charge in [0, 0.05) is 0 Å². The molecule has 2 aromatic rings. The molecule has 0 spiro atoms. The van der Waals surface area contributed by atoms with Crippen molar-refractivity contribution < 1.29 is 109 Å². The normalized spacial score (nSPS) is 12.4. The summed E-state index contributed by atoms with van der Waals surface area (Å²) in [5, 5.41) is 28.8. The van der Waals surface area contributed by atoms with E-state index in [0.29, 0.717) is 0 Å². The molecule has 2 aromatic carbocycles. The maximum absolute atomic E-state index is 11.2. The van der Waals surface area contributed by atoms with Crippen LogP contribution in [0.1, 0.15) is 11.1 Å². The molecule has 0 saturated heterocycles. The number of benzene rings is 2. The Bertz CT molecular complexity index is 1270. The first kappa shape index (κ1) is 32.7. The molecule has 3 N–H and O–H groups in total. The van der Waals surface area contributed by atoms with Gasteiger partial charge >= 0.3 is 59.1 Å². The third kappa shape index (κ3) is 10.9. The number of aromatic hydroxyl groups is 3. The Hall–Kier alpha value is -0.300. The molecule has 17 heteroatoms. The molecule has 33 heavy (non-hydrogen) atoms. The van der Waals surface area contributed by atoms with Gasteiger partial charge in [0.2, 0.25) is 0 Å². The van der Waals surface area contributed by atoms with Crippen molar-refractivity contribution >= 4 is 64.8 Å². The fraction of sp³-hybridized carbons (Fsp3) is 0. The van der Waals surface area contributed by atoms with Gasteiger partial charge in [0.05, 0.1) is 8.95 Å². The van der Waals surface area contributed by atoms with Crippen LogP contribution in [0, 0.1) is 0 Å². The predicted molar refractivity (Wildman–Crippen MR) is 111 cm³/mol. The second-order valence-electron chi connectivity index (χ2n) is 5.58. The molecular weight excluding hydrogens is 638 g/mol. The van der Waals surface area contributed by atoms with Crippen molar-refractivity contribution in [3.8, 4) is 17.2 Å². The smallest absolute Gasteiger partial charge is 0.716 e. The van der Waals surface area contributed by atoms with Crippen LogP contribution < -0.4 is 59.1 Å². The first-order chi connectivity index (χ1) is 14.1. The van der Waals surface area contributed by atoms with Crippen LogP contribution in [0.5, 0.6) is 17.2 Å². The van der Waals surface area contributed by atoms with Crippen molar-refractivity contribution in [3.63, 3.8) is 0 Å². The summed E-state index contributed by atoms with van der Waals surface area (Å²) in [5.74, 6) is -3.43. The number of phenolic OH excluding ortho intramolecular Hbond substituents is 3. The molecule has 11 nitrogen and oxygen atoms in total. The number of halogens is 2. The molecule has 0 radical (unpaired) electrons. The van der Waals surface area contributed by atoms with Crippen LogP contribution >= 0.6 is 31.9 Å². The van der Waals surface area contributed by atoms with Crippen LogP contribution in [0.25, 0.3) is 12.2 Å². The molecule has 0 unspecified atom stereocenters. The van der Waals surface area contributed by atoms with Gasteiger partial charge in [-0.3, -0.25) is 0 Å². The largest absolute Gasteiger partial charge is 1.00 e. The van der Waals surface area contributed by atoms with Crippen LogP contribution in [0.3, 0.4) is 0 Å². The van der Waals surface area contributed by atoms with E-state index in [9.17, 15) is 41.3 Å². The molecule has 0 bridgehead atoms. The van der Waals surface area contributed by atoms with Gasteiger partial charge < -0.3 is 32.8 Å². The van der Waals surface area contributed by atoms with Crippen molar-refractivity contribution in [1.82, 2.24) is 0 Å². The van der Waals surface area contributed by atoms with Crippen molar-refractivity contribution in [2.24, 2.45) is 0 Å². The van der Waals surface area contributed by atoms with E-state index >= 15 is 0 Å². The number of hydrogen-bond acceptors (Lipinski definition) is 11.